The smallest absolute Gasteiger partial charge is 0.357 e. The van der Waals surface area contributed by atoms with E-state index in [-0.39, 0.29) is 23.9 Å². The fourth-order valence-corrected chi connectivity index (χ4v) is 1.52. The maximum absolute atomic E-state index is 10.5. The SMILES string of the molecule is CC1OCCC1Nc1nc(C(=O)O)co1. The van der Waals surface area contributed by atoms with E-state index in [0.717, 1.165) is 12.7 Å². The van der Waals surface area contributed by atoms with E-state index < -0.39 is 5.97 Å². The number of hydrogen-bond donors (Lipinski definition) is 2. The van der Waals surface area contributed by atoms with Gasteiger partial charge in [0.15, 0.2) is 5.69 Å². The average molecular weight is 212 g/mol. The van der Waals surface area contributed by atoms with Gasteiger partial charge in [0.05, 0.1) is 12.1 Å². The van der Waals surface area contributed by atoms with Crippen LogP contribution < -0.4 is 5.32 Å². The maximum Gasteiger partial charge on any atom is 0.357 e. The molecule has 2 atom stereocenters. The minimum atomic E-state index is -1.09. The Balaban J connectivity index is 2.01. The molecule has 2 rings (SSSR count). The standard InChI is InChI=1S/C9H12N2O4/c1-5-6(2-3-14-5)10-9-11-7(4-15-9)8(12)13/h4-6H,2-3H2,1H3,(H,10,11)(H,12,13). The topological polar surface area (TPSA) is 84.6 Å². The van der Waals surface area contributed by atoms with Crippen LogP contribution in [0.2, 0.25) is 0 Å². The number of nitrogens with zero attached hydrogens (tertiary/aromatic N) is 1. The summed E-state index contributed by atoms with van der Waals surface area (Å²) < 4.78 is 10.3. The number of carboxylic acids is 1. The third-order valence-electron chi connectivity index (χ3n) is 2.41. The monoisotopic (exact) mass is 212 g/mol. The number of aromatic nitrogens is 1. The van der Waals surface area contributed by atoms with Gasteiger partial charge in [-0.1, -0.05) is 0 Å². The first-order valence-corrected chi connectivity index (χ1v) is 4.74. The molecule has 0 aliphatic carbocycles. The largest absolute Gasteiger partial charge is 0.476 e. The van der Waals surface area contributed by atoms with Crippen molar-refractivity contribution in [3.05, 3.63) is 12.0 Å². The van der Waals surface area contributed by atoms with Crippen LogP contribution in [0, 0.1) is 0 Å². The molecule has 2 unspecified atom stereocenters. The average Bonchev–Trinajstić information content (AvgIpc) is 2.77. The lowest BCUT2D eigenvalue weighted by molar-refractivity contribution is 0.0690. The number of nitrogens with one attached hydrogen (secondary N) is 1. The lowest BCUT2D eigenvalue weighted by atomic mass is 10.2. The Bertz CT molecular complexity index is 363. The Labute approximate surface area is 86.2 Å². The van der Waals surface area contributed by atoms with E-state index in [1.54, 1.807) is 0 Å². The Hall–Kier alpha value is -1.56. The first-order valence-electron chi connectivity index (χ1n) is 4.74. The molecule has 0 saturated carbocycles. The molecule has 0 aromatic carbocycles. The molecule has 1 fully saturated rings. The normalized spacial score (nSPS) is 25.4. The van der Waals surface area contributed by atoms with Crippen LogP contribution in [0.4, 0.5) is 6.01 Å². The summed E-state index contributed by atoms with van der Waals surface area (Å²) >= 11 is 0. The fraction of sp³-hybridized carbons (Fsp3) is 0.556. The molecule has 1 aromatic heterocycles. The molecule has 0 bridgehead atoms. The fourth-order valence-electron chi connectivity index (χ4n) is 1.52. The molecule has 0 spiro atoms. The van der Waals surface area contributed by atoms with Crippen LogP contribution in [0.3, 0.4) is 0 Å². The number of rotatable bonds is 3. The molecule has 1 saturated heterocycles. The van der Waals surface area contributed by atoms with Crippen LogP contribution in [-0.2, 0) is 4.74 Å². The second-order valence-corrected chi connectivity index (χ2v) is 3.46. The quantitative estimate of drug-likeness (QED) is 0.776. The highest BCUT2D eigenvalue weighted by atomic mass is 16.5. The van der Waals surface area contributed by atoms with Gasteiger partial charge in [0, 0.05) is 6.61 Å². The van der Waals surface area contributed by atoms with E-state index in [0.29, 0.717) is 6.61 Å². The molecule has 2 heterocycles. The van der Waals surface area contributed by atoms with Crippen molar-refractivity contribution >= 4 is 12.0 Å². The van der Waals surface area contributed by atoms with Crippen molar-refractivity contribution in [3.63, 3.8) is 0 Å². The Morgan fingerprint density at radius 1 is 1.73 bits per heavy atom. The van der Waals surface area contributed by atoms with Gasteiger partial charge >= 0.3 is 5.97 Å². The second kappa shape index (κ2) is 3.90. The number of oxazole rings is 1. The van der Waals surface area contributed by atoms with E-state index in [9.17, 15) is 4.79 Å². The van der Waals surface area contributed by atoms with E-state index in [1.165, 1.54) is 0 Å². The minimum Gasteiger partial charge on any atom is -0.476 e. The number of carbonyl (C=O) groups is 1. The van der Waals surface area contributed by atoms with E-state index in [1.807, 2.05) is 6.92 Å². The van der Waals surface area contributed by atoms with E-state index in [2.05, 4.69) is 10.3 Å². The minimum absolute atomic E-state index is 0.0881. The van der Waals surface area contributed by atoms with E-state index >= 15 is 0 Å². The van der Waals surface area contributed by atoms with Gasteiger partial charge in [-0.2, -0.15) is 4.98 Å². The van der Waals surface area contributed by atoms with Crippen molar-refractivity contribution in [2.75, 3.05) is 11.9 Å². The molecule has 2 N–H and O–H groups in total. The number of hydrogen-bond acceptors (Lipinski definition) is 5. The zero-order valence-electron chi connectivity index (χ0n) is 8.27. The molecular weight excluding hydrogens is 200 g/mol. The van der Waals surface area contributed by atoms with Crippen molar-refractivity contribution in [1.82, 2.24) is 4.98 Å². The summed E-state index contributed by atoms with van der Waals surface area (Å²) in [5, 5.41) is 11.6. The Kier molecular flexibility index (Phi) is 2.59. The molecule has 1 aromatic rings. The zero-order valence-corrected chi connectivity index (χ0v) is 8.27. The van der Waals surface area contributed by atoms with Gasteiger partial charge in [-0.15, -0.1) is 0 Å². The van der Waals surface area contributed by atoms with E-state index in [4.69, 9.17) is 14.3 Å². The Morgan fingerprint density at radius 2 is 2.53 bits per heavy atom. The highest BCUT2D eigenvalue weighted by Crippen LogP contribution is 2.18. The van der Waals surface area contributed by atoms with Crippen molar-refractivity contribution in [3.8, 4) is 0 Å². The highest BCUT2D eigenvalue weighted by Gasteiger charge is 2.25. The van der Waals surface area contributed by atoms with Gasteiger partial charge in [-0.3, -0.25) is 0 Å². The number of anilines is 1. The summed E-state index contributed by atoms with van der Waals surface area (Å²) in [5.41, 5.74) is -0.0935. The number of ether oxygens (including phenoxy) is 1. The van der Waals surface area contributed by atoms with Gasteiger partial charge in [0.2, 0.25) is 0 Å². The molecule has 1 aliphatic heterocycles. The lowest BCUT2D eigenvalue weighted by Gasteiger charge is -2.13. The van der Waals surface area contributed by atoms with Crippen molar-refractivity contribution in [2.45, 2.75) is 25.5 Å². The maximum atomic E-state index is 10.5. The molecule has 82 valence electrons. The predicted molar refractivity (Wildman–Crippen MR) is 50.9 cm³/mol. The zero-order chi connectivity index (χ0) is 10.8. The third kappa shape index (κ3) is 2.10. The van der Waals surface area contributed by atoms with Crippen LogP contribution in [0.5, 0.6) is 0 Å². The van der Waals surface area contributed by atoms with Crippen molar-refractivity contribution < 1.29 is 19.1 Å². The van der Waals surface area contributed by atoms with Gasteiger partial charge < -0.3 is 19.6 Å². The molecule has 6 heteroatoms. The van der Waals surface area contributed by atoms with Crippen LogP contribution in [0.15, 0.2) is 10.7 Å². The highest BCUT2D eigenvalue weighted by molar-refractivity contribution is 5.85. The third-order valence-corrected chi connectivity index (χ3v) is 2.41. The first-order chi connectivity index (χ1) is 7.16. The van der Waals surface area contributed by atoms with Gasteiger partial charge in [0.1, 0.15) is 6.26 Å². The van der Waals surface area contributed by atoms with Gasteiger partial charge in [-0.25, -0.2) is 4.79 Å². The number of carboxylic acid groups (broad SMARTS) is 1. The summed E-state index contributed by atoms with van der Waals surface area (Å²) in [6, 6.07) is 0.361. The molecule has 1 aliphatic rings. The van der Waals surface area contributed by atoms with Crippen LogP contribution >= 0.6 is 0 Å². The Morgan fingerprint density at radius 3 is 3.07 bits per heavy atom. The van der Waals surface area contributed by atoms with Crippen molar-refractivity contribution in [2.24, 2.45) is 0 Å². The predicted octanol–water partition coefficient (Wildman–Crippen LogP) is 0.962. The number of aromatic carboxylic acids is 1. The summed E-state index contributed by atoms with van der Waals surface area (Å²) in [6.07, 6.45) is 2.07. The summed E-state index contributed by atoms with van der Waals surface area (Å²) in [6.45, 7) is 2.65. The molecular formula is C9H12N2O4. The summed E-state index contributed by atoms with van der Waals surface area (Å²) in [5.74, 6) is -1.09. The molecule has 6 nitrogen and oxygen atoms in total. The van der Waals surface area contributed by atoms with Crippen LogP contribution in [0.25, 0.3) is 0 Å². The summed E-state index contributed by atoms with van der Waals surface area (Å²) in [7, 11) is 0. The van der Waals surface area contributed by atoms with Gasteiger partial charge in [0.25, 0.3) is 6.01 Å². The van der Waals surface area contributed by atoms with Crippen molar-refractivity contribution in [1.29, 1.82) is 0 Å². The first kappa shape index (κ1) is 9.97. The molecule has 15 heavy (non-hydrogen) atoms. The summed E-state index contributed by atoms with van der Waals surface area (Å²) in [4.78, 5) is 14.3. The van der Waals surface area contributed by atoms with Crippen LogP contribution in [-0.4, -0.2) is 34.8 Å². The van der Waals surface area contributed by atoms with Crippen LogP contribution in [0.1, 0.15) is 23.8 Å². The van der Waals surface area contributed by atoms with Gasteiger partial charge in [-0.05, 0) is 13.3 Å². The molecule has 0 radical (unpaired) electrons. The second-order valence-electron chi connectivity index (χ2n) is 3.46. The lowest BCUT2D eigenvalue weighted by Crippen LogP contribution is -2.26. The molecule has 0 amide bonds.